The van der Waals surface area contributed by atoms with E-state index in [9.17, 15) is 4.79 Å². The van der Waals surface area contributed by atoms with Gasteiger partial charge in [-0.15, -0.1) is 0 Å². The van der Waals surface area contributed by atoms with Crippen LogP contribution in [-0.4, -0.2) is 26.8 Å². The number of ether oxygens (including phenoxy) is 4. The van der Waals surface area contributed by atoms with Crippen molar-refractivity contribution in [2.24, 2.45) is 0 Å². The van der Waals surface area contributed by atoms with Crippen LogP contribution in [-0.2, 0) is 16.1 Å². The molecule has 2 rings (SSSR count). The highest BCUT2D eigenvalue weighted by Gasteiger charge is 2.08. The molecule has 0 amide bonds. The fraction of sp³-hybridized carbons (Fsp3) is 0.235. The van der Waals surface area contributed by atoms with Gasteiger partial charge in [0.15, 0.2) is 18.1 Å². The van der Waals surface area contributed by atoms with Crippen molar-refractivity contribution in [2.75, 3.05) is 20.8 Å². The summed E-state index contributed by atoms with van der Waals surface area (Å²) in [6, 6.07) is 12.6. The van der Waals surface area contributed by atoms with Crippen molar-refractivity contribution >= 4 is 21.9 Å². The van der Waals surface area contributed by atoms with Crippen LogP contribution < -0.4 is 14.2 Å². The van der Waals surface area contributed by atoms with Crippen LogP contribution >= 0.6 is 15.9 Å². The van der Waals surface area contributed by atoms with E-state index in [1.54, 1.807) is 38.5 Å². The number of halogens is 1. The number of methoxy groups -OCH3 is 2. The van der Waals surface area contributed by atoms with Crippen molar-refractivity contribution in [3.05, 3.63) is 52.5 Å². The molecule has 0 heterocycles. The summed E-state index contributed by atoms with van der Waals surface area (Å²) in [7, 11) is 3.12. The first-order chi connectivity index (χ1) is 11.1. The molecular weight excluding hydrogens is 364 g/mol. The lowest BCUT2D eigenvalue weighted by atomic mass is 10.2. The third-order valence-corrected chi connectivity index (χ3v) is 3.55. The first-order valence-corrected chi connectivity index (χ1v) is 7.66. The molecule has 0 N–H and O–H groups in total. The number of hydrogen-bond donors (Lipinski definition) is 0. The molecule has 0 aromatic heterocycles. The van der Waals surface area contributed by atoms with Gasteiger partial charge in [-0.25, -0.2) is 4.79 Å². The van der Waals surface area contributed by atoms with Crippen LogP contribution in [0.2, 0.25) is 0 Å². The predicted octanol–water partition coefficient (Wildman–Crippen LogP) is 3.59. The average molecular weight is 381 g/mol. The molecule has 6 heteroatoms. The summed E-state index contributed by atoms with van der Waals surface area (Å²) in [6.45, 7) is -0.00218. The third kappa shape index (κ3) is 5.17. The van der Waals surface area contributed by atoms with E-state index >= 15 is 0 Å². The van der Waals surface area contributed by atoms with Crippen LogP contribution in [0.4, 0.5) is 0 Å². The topological polar surface area (TPSA) is 54.0 Å². The Morgan fingerprint density at radius 3 is 2.35 bits per heavy atom. The van der Waals surface area contributed by atoms with Crippen LogP contribution in [0.15, 0.2) is 46.9 Å². The molecule has 23 heavy (non-hydrogen) atoms. The van der Waals surface area contributed by atoms with Crippen LogP contribution in [0.1, 0.15) is 5.56 Å². The van der Waals surface area contributed by atoms with Crippen molar-refractivity contribution in [3.63, 3.8) is 0 Å². The molecular formula is C17H17BrO5. The van der Waals surface area contributed by atoms with Gasteiger partial charge in [0.2, 0.25) is 0 Å². The van der Waals surface area contributed by atoms with E-state index in [4.69, 9.17) is 18.9 Å². The Kier molecular flexibility index (Phi) is 6.29. The second kappa shape index (κ2) is 8.43. The van der Waals surface area contributed by atoms with Gasteiger partial charge in [-0.1, -0.05) is 22.0 Å². The number of benzene rings is 2. The molecule has 0 aliphatic carbocycles. The summed E-state index contributed by atoms with van der Waals surface area (Å²) in [5.74, 6) is 1.38. The monoisotopic (exact) mass is 380 g/mol. The quantitative estimate of drug-likeness (QED) is 0.687. The number of carbonyl (C=O) groups excluding carboxylic acids is 1. The zero-order chi connectivity index (χ0) is 16.7. The third-order valence-electron chi connectivity index (χ3n) is 3.02. The van der Waals surface area contributed by atoms with Crippen molar-refractivity contribution in [2.45, 2.75) is 6.61 Å². The van der Waals surface area contributed by atoms with E-state index in [2.05, 4.69) is 15.9 Å². The first-order valence-electron chi connectivity index (χ1n) is 6.87. The Labute approximate surface area is 143 Å². The molecule has 122 valence electrons. The maximum Gasteiger partial charge on any atom is 0.344 e. The Hall–Kier alpha value is -2.21. The van der Waals surface area contributed by atoms with Gasteiger partial charge in [0.1, 0.15) is 12.4 Å². The minimum absolute atomic E-state index is 0.142. The van der Waals surface area contributed by atoms with Gasteiger partial charge < -0.3 is 18.9 Å². The van der Waals surface area contributed by atoms with Gasteiger partial charge in [-0.05, 0) is 42.0 Å². The van der Waals surface area contributed by atoms with Crippen LogP contribution in [0, 0.1) is 0 Å². The van der Waals surface area contributed by atoms with Crippen molar-refractivity contribution in [1.82, 2.24) is 0 Å². The van der Waals surface area contributed by atoms with Gasteiger partial charge >= 0.3 is 5.97 Å². The predicted molar refractivity (Wildman–Crippen MR) is 89.0 cm³/mol. The van der Waals surface area contributed by atoms with Crippen LogP contribution in [0.25, 0.3) is 0 Å². The van der Waals surface area contributed by atoms with Crippen molar-refractivity contribution in [1.29, 1.82) is 0 Å². The van der Waals surface area contributed by atoms with Crippen LogP contribution in [0.5, 0.6) is 17.2 Å². The fourth-order valence-corrected chi connectivity index (χ4v) is 2.11. The number of esters is 1. The average Bonchev–Trinajstić information content (AvgIpc) is 2.59. The second-order valence-electron chi connectivity index (χ2n) is 4.59. The maximum atomic E-state index is 11.7. The van der Waals surface area contributed by atoms with E-state index in [-0.39, 0.29) is 13.2 Å². The zero-order valence-corrected chi connectivity index (χ0v) is 14.5. The Morgan fingerprint density at radius 2 is 1.70 bits per heavy atom. The minimum atomic E-state index is -0.442. The summed E-state index contributed by atoms with van der Waals surface area (Å²) in [5, 5.41) is 0. The SMILES string of the molecule is COc1ccc(COC(=O)COc2ccc(Br)cc2)cc1OC. The molecule has 2 aromatic carbocycles. The molecule has 0 spiro atoms. The normalized spacial score (nSPS) is 10.0. The number of rotatable bonds is 7. The Bertz CT molecular complexity index is 655. The molecule has 0 saturated carbocycles. The van der Waals surface area contributed by atoms with Gasteiger partial charge in [-0.2, -0.15) is 0 Å². The summed E-state index contributed by atoms with van der Waals surface area (Å²) in [5.41, 5.74) is 0.805. The number of hydrogen-bond acceptors (Lipinski definition) is 5. The molecule has 2 aromatic rings. The van der Waals surface area contributed by atoms with Crippen molar-refractivity contribution < 1.29 is 23.7 Å². The molecule has 0 aliphatic heterocycles. The smallest absolute Gasteiger partial charge is 0.344 e. The highest BCUT2D eigenvalue weighted by molar-refractivity contribution is 9.10. The molecule has 5 nitrogen and oxygen atoms in total. The largest absolute Gasteiger partial charge is 0.493 e. The fourth-order valence-electron chi connectivity index (χ4n) is 1.85. The van der Waals surface area contributed by atoms with Gasteiger partial charge in [-0.3, -0.25) is 0 Å². The molecule has 0 radical (unpaired) electrons. The molecule has 0 atom stereocenters. The Morgan fingerprint density at radius 1 is 1.00 bits per heavy atom. The first kappa shape index (κ1) is 17.1. The lowest BCUT2D eigenvalue weighted by Gasteiger charge is -2.10. The van der Waals surface area contributed by atoms with E-state index in [0.29, 0.717) is 17.2 Å². The minimum Gasteiger partial charge on any atom is -0.493 e. The highest BCUT2D eigenvalue weighted by atomic mass is 79.9. The summed E-state index contributed by atoms with van der Waals surface area (Å²) in [4.78, 5) is 11.7. The van der Waals surface area contributed by atoms with Crippen molar-refractivity contribution in [3.8, 4) is 17.2 Å². The molecule has 0 bridgehead atoms. The van der Waals surface area contributed by atoms with E-state index in [1.165, 1.54) is 0 Å². The van der Waals surface area contributed by atoms with Gasteiger partial charge in [0, 0.05) is 4.47 Å². The van der Waals surface area contributed by atoms with Gasteiger partial charge in [0.25, 0.3) is 0 Å². The summed E-state index contributed by atoms with van der Waals surface area (Å²) >= 11 is 3.33. The standard InChI is InChI=1S/C17H17BrO5/c1-20-15-8-3-12(9-16(15)21-2)10-23-17(19)11-22-14-6-4-13(18)5-7-14/h3-9H,10-11H2,1-2H3. The summed E-state index contributed by atoms with van der Waals surface area (Å²) in [6.07, 6.45) is 0. The Balaban J connectivity index is 1.83. The van der Waals surface area contributed by atoms with E-state index < -0.39 is 5.97 Å². The molecule has 0 saturated heterocycles. The van der Waals surface area contributed by atoms with E-state index in [0.717, 1.165) is 10.0 Å². The van der Waals surface area contributed by atoms with Crippen LogP contribution in [0.3, 0.4) is 0 Å². The molecule has 0 fully saturated rings. The lowest BCUT2D eigenvalue weighted by Crippen LogP contribution is -2.14. The van der Waals surface area contributed by atoms with E-state index in [1.807, 2.05) is 18.2 Å². The second-order valence-corrected chi connectivity index (χ2v) is 5.51. The summed E-state index contributed by atoms with van der Waals surface area (Å²) < 4.78 is 21.8. The lowest BCUT2D eigenvalue weighted by molar-refractivity contribution is -0.147. The zero-order valence-electron chi connectivity index (χ0n) is 12.9. The highest BCUT2D eigenvalue weighted by Crippen LogP contribution is 2.27. The van der Waals surface area contributed by atoms with Gasteiger partial charge in [0.05, 0.1) is 14.2 Å². The number of carbonyl (C=O) groups is 1. The molecule has 0 unspecified atom stereocenters. The molecule has 0 aliphatic rings. The maximum absolute atomic E-state index is 11.7.